The van der Waals surface area contributed by atoms with Crippen molar-refractivity contribution in [1.82, 2.24) is 10.2 Å². The highest BCUT2D eigenvalue weighted by Gasteiger charge is 2.14. The van der Waals surface area contributed by atoms with E-state index in [-0.39, 0.29) is 11.8 Å². The number of rotatable bonds is 4. The van der Waals surface area contributed by atoms with E-state index < -0.39 is 0 Å². The first-order chi connectivity index (χ1) is 14.0. The van der Waals surface area contributed by atoms with Gasteiger partial charge >= 0.3 is 0 Å². The van der Waals surface area contributed by atoms with Crippen LogP contribution in [0.3, 0.4) is 0 Å². The Bertz CT molecular complexity index is 1230. The molecule has 0 radical (unpaired) electrons. The van der Waals surface area contributed by atoms with Crippen LogP contribution in [0.2, 0.25) is 0 Å². The van der Waals surface area contributed by atoms with E-state index in [4.69, 9.17) is 0 Å². The third kappa shape index (κ3) is 3.73. The molecule has 2 amide bonds. The maximum Gasteiger partial charge on any atom is 0.257 e. The molecule has 1 heterocycles. The van der Waals surface area contributed by atoms with Crippen molar-refractivity contribution < 1.29 is 9.59 Å². The summed E-state index contributed by atoms with van der Waals surface area (Å²) in [6.45, 7) is 3.78. The molecule has 144 valence electrons. The minimum Gasteiger partial charge on any atom is -0.322 e. The van der Waals surface area contributed by atoms with E-state index in [1.54, 1.807) is 24.3 Å². The Morgan fingerprint density at radius 2 is 1.38 bits per heavy atom. The van der Waals surface area contributed by atoms with E-state index in [1.807, 2.05) is 56.3 Å². The van der Waals surface area contributed by atoms with Crippen LogP contribution in [-0.2, 0) is 0 Å². The van der Waals surface area contributed by atoms with Crippen LogP contribution in [0.15, 0.2) is 66.7 Å². The van der Waals surface area contributed by atoms with E-state index in [0.717, 1.165) is 22.0 Å². The van der Waals surface area contributed by atoms with Crippen LogP contribution in [0.5, 0.6) is 0 Å². The number of hydrogen-bond donors (Lipinski definition) is 3. The third-order valence-corrected chi connectivity index (χ3v) is 4.83. The molecule has 29 heavy (non-hydrogen) atoms. The number of carbonyl (C=O) groups is 2. The quantitative estimate of drug-likeness (QED) is 0.477. The Kier molecular flexibility index (Phi) is 4.83. The molecule has 0 saturated carbocycles. The molecular formula is C23H20N4O2. The summed E-state index contributed by atoms with van der Waals surface area (Å²) in [5, 5.41) is 13.6. The fourth-order valence-electron chi connectivity index (χ4n) is 3.22. The molecule has 6 heteroatoms. The molecular weight excluding hydrogens is 364 g/mol. The number of fused-ring (bicyclic) bond motifs is 1. The van der Waals surface area contributed by atoms with Gasteiger partial charge in [0.15, 0.2) is 5.82 Å². The SMILES string of the molecule is Cc1ccccc1C(=O)Nc1ccc2[nH]nc(NC(=O)c3ccccc3C)c2c1. The second-order valence-corrected chi connectivity index (χ2v) is 6.87. The Balaban J connectivity index is 1.60. The molecule has 4 rings (SSSR count). The number of aromatic amines is 1. The Morgan fingerprint density at radius 1 is 0.793 bits per heavy atom. The van der Waals surface area contributed by atoms with Crippen molar-refractivity contribution in [2.75, 3.05) is 10.6 Å². The fourth-order valence-corrected chi connectivity index (χ4v) is 3.22. The van der Waals surface area contributed by atoms with Crippen molar-refractivity contribution >= 4 is 34.2 Å². The molecule has 0 aliphatic rings. The van der Waals surface area contributed by atoms with Gasteiger partial charge < -0.3 is 10.6 Å². The van der Waals surface area contributed by atoms with Crippen molar-refractivity contribution in [1.29, 1.82) is 0 Å². The van der Waals surface area contributed by atoms with Gasteiger partial charge in [-0.2, -0.15) is 5.10 Å². The highest BCUT2D eigenvalue weighted by atomic mass is 16.2. The van der Waals surface area contributed by atoms with Crippen LogP contribution in [0.4, 0.5) is 11.5 Å². The zero-order chi connectivity index (χ0) is 20.4. The topological polar surface area (TPSA) is 86.9 Å². The lowest BCUT2D eigenvalue weighted by molar-refractivity contribution is 0.101. The van der Waals surface area contributed by atoms with Gasteiger partial charge in [-0.3, -0.25) is 14.7 Å². The summed E-state index contributed by atoms with van der Waals surface area (Å²) >= 11 is 0. The highest BCUT2D eigenvalue weighted by Crippen LogP contribution is 2.25. The zero-order valence-electron chi connectivity index (χ0n) is 16.1. The minimum absolute atomic E-state index is 0.184. The lowest BCUT2D eigenvalue weighted by Crippen LogP contribution is -2.14. The van der Waals surface area contributed by atoms with Gasteiger partial charge in [0.2, 0.25) is 0 Å². The van der Waals surface area contributed by atoms with E-state index in [1.165, 1.54) is 0 Å². The van der Waals surface area contributed by atoms with Gasteiger partial charge in [-0.25, -0.2) is 0 Å². The number of carbonyl (C=O) groups excluding carboxylic acids is 2. The monoisotopic (exact) mass is 384 g/mol. The second kappa shape index (κ2) is 7.59. The van der Waals surface area contributed by atoms with Gasteiger partial charge in [0.05, 0.1) is 5.52 Å². The lowest BCUT2D eigenvalue weighted by Gasteiger charge is -2.08. The summed E-state index contributed by atoms with van der Waals surface area (Å²) in [6.07, 6.45) is 0. The molecule has 0 bridgehead atoms. The predicted molar refractivity (Wildman–Crippen MR) is 114 cm³/mol. The normalized spacial score (nSPS) is 10.7. The van der Waals surface area contributed by atoms with Crippen LogP contribution < -0.4 is 10.6 Å². The maximum absolute atomic E-state index is 12.6. The largest absolute Gasteiger partial charge is 0.322 e. The van der Waals surface area contributed by atoms with Crippen LogP contribution in [-0.4, -0.2) is 22.0 Å². The molecule has 3 N–H and O–H groups in total. The molecule has 0 aliphatic heterocycles. The fraction of sp³-hybridized carbons (Fsp3) is 0.0870. The number of benzene rings is 3. The Hall–Kier alpha value is -3.93. The number of aryl methyl sites for hydroxylation is 2. The van der Waals surface area contributed by atoms with E-state index in [2.05, 4.69) is 20.8 Å². The van der Waals surface area contributed by atoms with E-state index in [0.29, 0.717) is 22.6 Å². The zero-order valence-corrected chi connectivity index (χ0v) is 16.1. The first-order valence-corrected chi connectivity index (χ1v) is 9.25. The number of H-pyrrole nitrogens is 1. The number of hydrogen-bond acceptors (Lipinski definition) is 3. The van der Waals surface area contributed by atoms with Gasteiger partial charge in [0.1, 0.15) is 0 Å². The van der Waals surface area contributed by atoms with E-state index in [9.17, 15) is 9.59 Å². The van der Waals surface area contributed by atoms with Crippen molar-refractivity contribution in [2.24, 2.45) is 0 Å². The number of nitrogens with zero attached hydrogens (tertiary/aromatic N) is 1. The molecule has 4 aromatic rings. The molecule has 1 aromatic heterocycles. The molecule has 0 fully saturated rings. The average molecular weight is 384 g/mol. The maximum atomic E-state index is 12.6. The Morgan fingerprint density at radius 3 is 2.00 bits per heavy atom. The number of anilines is 2. The van der Waals surface area contributed by atoms with Gasteiger partial charge in [-0.1, -0.05) is 36.4 Å². The summed E-state index contributed by atoms with van der Waals surface area (Å²) in [5.74, 6) is 0.00235. The summed E-state index contributed by atoms with van der Waals surface area (Å²) in [6, 6.07) is 20.2. The number of amides is 2. The minimum atomic E-state index is -0.231. The average Bonchev–Trinajstić information content (AvgIpc) is 3.10. The molecule has 0 aliphatic carbocycles. The highest BCUT2D eigenvalue weighted by molar-refractivity contribution is 6.10. The van der Waals surface area contributed by atoms with Gasteiger partial charge in [-0.15, -0.1) is 0 Å². The first-order valence-electron chi connectivity index (χ1n) is 9.25. The van der Waals surface area contributed by atoms with Crippen LogP contribution in [0.1, 0.15) is 31.8 Å². The summed E-state index contributed by atoms with van der Waals surface area (Å²) in [7, 11) is 0. The molecule has 3 aromatic carbocycles. The Labute approximate surface area is 168 Å². The van der Waals surface area contributed by atoms with Crippen molar-refractivity contribution in [3.05, 3.63) is 89.0 Å². The lowest BCUT2D eigenvalue weighted by atomic mass is 10.1. The molecule has 0 unspecified atom stereocenters. The van der Waals surface area contributed by atoms with Gasteiger partial charge in [0.25, 0.3) is 11.8 Å². The summed E-state index contributed by atoms with van der Waals surface area (Å²) in [4.78, 5) is 25.2. The van der Waals surface area contributed by atoms with Crippen molar-refractivity contribution in [3.8, 4) is 0 Å². The smallest absolute Gasteiger partial charge is 0.257 e. The number of nitrogens with one attached hydrogen (secondary N) is 3. The first kappa shape index (κ1) is 18.4. The second-order valence-electron chi connectivity index (χ2n) is 6.87. The molecule has 0 spiro atoms. The summed E-state index contributed by atoms with van der Waals surface area (Å²) < 4.78 is 0. The van der Waals surface area contributed by atoms with E-state index >= 15 is 0 Å². The van der Waals surface area contributed by atoms with Crippen molar-refractivity contribution in [3.63, 3.8) is 0 Å². The molecule has 0 saturated heterocycles. The predicted octanol–water partition coefficient (Wildman–Crippen LogP) is 4.68. The van der Waals surface area contributed by atoms with Gasteiger partial charge in [0, 0.05) is 22.2 Å². The standard InChI is InChI=1S/C23H20N4O2/c1-14-7-3-5-9-17(14)22(28)24-16-11-12-20-19(13-16)21(27-26-20)25-23(29)18-10-6-4-8-15(18)2/h3-13H,1-2H3,(H,24,28)(H2,25,26,27,29). The molecule has 6 nitrogen and oxygen atoms in total. The van der Waals surface area contributed by atoms with Crippen LogP contribution >= 0.6 is 0 Å². The summed E-state index contributed by atoms with van der Waals surface area (Å²) in [5.41, 5.74) is 4.38. The van der Waals surface area contributed by atoms with Crippen molar-refractivity contribution in [2.45, 2.75) is 13.8 Å². The van der Waals surface area contributed by atoms with Crippen LogP contribution in [0.25, 0.3) is 10.9 Å². The van der Waals surface area contributed by atoms with Crippen LogP contribution in [0, 0.1) is 13.8 Å². The number of aromatic nitrogens is 2. The van der Waals surface area contributed by atoms with Gasteiger partial charge in [-0.05, 0) is 55.3 Å². The molecule has 0 atom stereocenters. The third-order valence-electron chi connectivity index (χ3n) is 4.83.